The minimum atomic E-state index is -0.926. The van der Waals surface area contributed by atoms with E-state index in [-0.39, 0.29) is 12.5 Å². The molecule has 0 N–H and O–H groups in total. The molecule has 1 heterocycles. The average Bonchev–Trinajstić information content (AvgIpc) is 2.41. The van der Waals surface area contributed by atoms with Crippen LogP contribution in [-0.2, 0) is 38.1 Å². The number of ether oxygens (including phenoxy) is 5. The molecule has 0 aromatic carbocycles. The number of carbonyl (C=O) groups excluding carboxylic acids is 3. The topological polar surface area (TPSA) is 97.4 Å². The summed E-state index contributed by atoms with van der Waals surface area (Å²) in [5, 5.41) is 0. The summed E-state index contributed by atoms with van der Waals surface area (Å²) in [7, 11) is 1.38. The predicted octanol–water partition coefficient (Wildman–Crippen LogP) is 0.420. The van der Waals surface area contributed by atoms with Crippen molar-refractivity contribution in [3.63, 3.8) is 0 Å². The van der Waals surface area contributed by atoms with Crippen LogP contribution < -0.4 is 0 Å². The molecular weight excluding hydrogens is 296 g/mol. The second-order valence-corrected chi connectivity index (χ2v) is 5.09. The highest BCUT2D eigenvalue weighted by Crippen LogP contribution is 2.31. The Bertz CT molecular complexity index is 421. The molecule has 5 atom stereocenters. The van der Waals surface area contributed by atoms with Crippen LogP contribution in [0, 0.1) is 5.92 Å². The Hall–Kier alpha value is -1.67. The molecule has 0 radical (unpaired) electrons. The molecule has 8 heteroatoms. The molecule has 8 nitrogen and oxygen atoms in total. The number of methoxy groups -OCH3 is 1. The maximum Gasteiger partial charge on any atom is 0.303 e. The van der Waals surface area contributed by atoms with Gasteiger partial charge in [0.25, 0.3) is 0 Å². The maximum atomic E-state index is 11.3. The Morgan fingerprint density at radius 3 is 1.95 bits per heavy atom. The smallest absolute Gasteiger partial charge is 0.303 e. The highest BCUT2D eigenvalue weighted by molar-refractivity contribution is 5.67. The Morgan fingerprint density at radius 2 is 1.50 bits per heavy atom. The largest absolute Gasteiger partial charge is 0.463 e. The van der Waals surface area contributed by atoms with Crippen molar-refractivity contribution in [2.24, 2.45) is 5.92 Å². The quantitative estimate of drug-likeness (QED) is 0.531. The number of hydrogen-bond donors (Lipinski definition) is 0. The molecule has 0 aromatic heterocycles. The van der Waals surface area contributed by atoms with E-state index in [9.17, 15) is 14.4 Å². The number of hydrogen-bond acceptors (Lipinski definition) is 8. The second-order valence-electron chi connectivity index (χ2n) is 5.09. The minimum Gasteiger partial charge on any atom is -0.463 e. The summed E-state index contributed by atoms with van der Waals surface area (Å²) in [4.78, 5) is 33.5. The van der Waals surface area contributed by atoms with Gasteiger partial charge in [-0.15, -0.1) is 0 Å². The van der Waals surface area contributed by atoms with Gasteiger partial charge in [0.1, 0.15) is 18.8 Å². The zero-order valence-electron chi connectivity index (χ0n) is 13.4. The lowest BCUT2D eigenvalue weighted by Gasteiger charge is -2.43. The van der Waals surface area contributed by atoms with Gasteiger partial charge in [-0.25, -0.2) is 0 Å². The monoisotopic (exact) mass is 318 g/mol. The van der Waals surface area contributed by atoms with E-state index in [0.717, 1.165) is 0 Å². The van der Waals surface area contributed by atoms with Crippen molar-refractivity contribution in [1.82, 2.24) is 0 Å². The molecule has 1 rings (SSSR count). The van der Waals surface area contributed by atoms with Crippen molar-refractivity contribution in [3.8, 4) is 0 Å². The summed E-state index contributed by atoms with van der Waals surface area (Å²) in [5.74, 6) is -1.87. The first-order valence-electron chi connectivity index (χ1n) is 6.92. The molecule has 1 saturated heterocycles. The Kier molecular flexibility index (Phi) is 6.76. The molecule has 22 heavy (non-hydrogen) atoms. The van der Waals surface area contributed by atoms with E-state index in [0.29, 0.717) is 0 Å². The van der Waals surface area contributed by atoms with Gasteiger partial charge >= 0.3 is 17.9 Å². The molecule has 0 aliphatic carbocycles. The normalized spacial score (nSPS) is 31.2. The Morgan fingerprint density at radius 1 is 0.955 bits per heavy atom. The number of esters is 3. The molecule has 0 spiro atoms. The standard InChI is InChI=1S/C14H22O8/c1-7-11(6-19-8(2)15)22-14(18-5)13(21-10(4)17)12(7)20-9(3)16/h7,11-14H,6H2,1-5H3/t7-,11?,12+,13?,14+/m0/s1. The summed E-state index contributed by atoms with van der Waals surface area (Å²) in [6.07, 6.45) is -3.13. The summed E-state index contributed by atoms with van der Waals surface area (Å²) in [6, 6.07) is 0. The fraction of sp³-hybridized carbons (Fsp3) is 0.786. The van der Waals surface area contributed by atoms with Gasteiger partial charge in [-0.1, -0.05) is 6.92 Å². The number of carbonyl (C=O) groups is 3. The highest BCUT2D eigenvalue weighted by Gasteiger charge is 2.48. The van der Waals surface area contributed by atoms with Gasteiger partial charge < -0.3 is 23.7 Å². The van der Waals surface area contributed by atoms with Crippen LogP contribution in [-0.4, -0.2) is 56.2 Å². The van der Waals surface area contributed by atoms with Gasteiger partial charge in [0, 0.05) is 33.8 Å². The van der Waals surface area contributed by atoms with E-state index in [1.165, 1.54) is 27.9 Å². The summed E-state index contributed by atoms with van der Waals surface area (Å²) in [6.45, 7) is 5.53. The minimum absolute atomic E-state index is 0.0130. The van der Waals surface area contributed by atoms with Crippen molar-refractivity contribution in [2.75, 3.05) is 13.7 Å². The van der Waals surface area contributed by atoms with Crippen molar-refractivity contribution >= 4 is 17.9 Å². The molecular formula is C14H22O8. The van der Waals surface area contributed by atoms with Gasteiger partial charge in [0.05, 0.1) is 0 Å². The first-order valence-corrected chi connectivity index (χ1v) is 6.92. The predicted molar refractivity (Wildman–Crippen MR) is 72.6 cm³/mol. The van der Waals surface area contributed by atoms with E-state index in [2.05, 4.69) is 0 Å². The fourth-order valence-electron chi connectivity index (χ4n) is 2.30. The van der Waals surface area contributed by atoms with E-state index < -0.39 is 42.5 Å². The summed E-state index contributed by atoms with van der Waals surface area (Å²) >= 11 is 0. The molecule has 0 saturated carbocycles. The third-order valence-electron chi connectivity index (χ3n) is 3.29. The van der Waals surface area contributed by atoms with Gasteiger partial charge in [-0.05, 0) is 0 Å². The average molecular weight is 318 g/mol. The highest BCUT2D eigenvalue weighted by atomic mass is 16.7. The van der Waals surface area contributed by atoms with Crippen molar-refractivity contribution in [3.05, 3.63) is 0 Å². The van der Waals surface area contributed by atoms with Crippen LogP contribution in [0.25, 0.3) is 0 Å². The van der Waals surface area contributed by atoms with Crippen molar-refractivity contribution < 1.29 is 38.1 Å². The van der Waals surface area contributed by atoms with Crippen LogP contribution in [0.4, 0.5) is 0 Å². The molecule has 1 fully saturated rings. The van der Waals surface area contributed by atoms with E-state index >= 15 is 0 Å². The zero-order chi connectivity index (χ0) is 16.9. The SMILES string of the molecule is CO[C@@H]1OC(COC(C)=O)[C@H](C)[C@@H](OC(C)=O)C1OC(C)=O. The van der Waals surface area contributed by atoms with Crippen LogP contribution >= 0.6 is 0 Å². The first-order chi connectivity index (χ1) is 10.3. The first kappa shape index (κ1) is 18.4. The van der Waals surface area contributed by atoms with Crippen molar-refractivity contribution in [2.45, 2.75) is 52.3 Å². The summed E-state index contributed by atoms with van der Waals surface area (Å²) < 4.78 is 26.2. The summed E-state index contributed by atoms with van der Waals surface area (Å²) in [5.41, 5.74) is 0. The molecule has 0 amide bonds. The van der Waals surface area contributed by atoms with Gasteiger partial charge in [-0.3, -0.25) is 14.4 Å². The van der Waals surface area contributed by atoms with Gasteiger partial charge in [0.15, 0.2) is 12.4 Å². The molecule has 2 unspecified atom stereocenters. The van der Waals surface area contributed by atoms with Crippen LogP contribution in [0.5, 0.6) is 0 Å². The van der Waals surface area contributed by atoms with Crippen molar-refractivity contribution in [1.29, 1.82) is 0 Å². The Labute approximate surface area is 129 Å². The third kappa shape index (κ3) is 4.96. The second kappa shape index (κ2) is 8.09. The molecule has 1 aliphatic rings. The maximum absolute atomic E-state index is 11.3. The Balaban J connectivity index is 2.95. The third-order valence-corrected chi connectivity index (χ3v) is 3.29. The zero-order valence-corrected chi connectivity index (χ0v) is 13.4. The van der Waals surface area contributed by atoms with Gasteiger partial charge in [-0.2, -0.15) is 0 Å². The fourth-order valence-corrected chi connectivity index (χ4v) is 2.30. The lowest BCUT2D eigenvalue weighted by molar-refractivity contribution is -0.288. The molecule has 0 bridgehead atoms. The van der Waals surface area contributed by atoms with Crippen LogP contribution in [0.1, 0.15) is 27.7 Å². The van der Waals surface area contributed by atoms with Gasteiger partial charge in [0.2, 0.25) is 0 Å². The van der Waals surface area contributed by atoms with E-state index in [4.69, 9.17) is 23.7 Å². The lowest BCUT2D eigenvalue weighted by atomic mass is 9.90. The molecule has 0 aromatic rings. The van der Waals surface area contributed by atoms with E-state index in [1.807, 2.05) is 0 Å². The molecule has 1 aliphatic heterocycles. The molecule has 126 valence electrons. The van der Waals surface area contributed by atoms with Crippen LogP contribution in [0.2, 0.25) is 0 Å². The number of rotatable bonds is 5. The van der Waals surface area contributed by atoms with E-state index in [1.54, 1.807) is 6.92 Å². The van der Waals surface area contributed by atoms with Crippen LogP contribution in [0.15, 0.2) is 0 Å². The van der Waals surface area contributed by atoms with Crippen LogP contribution in [0.3, 0.4) is 0 Å². The lowest BCUT2D eigenvalue weighted by Crippen LogP contribution is -2.58.